The highest BCUT2D eigenvalue weighted by atomic mass is 35.5. The minimum Gasteiger partial charge on any atom is -0.322 e. The first-order valence-corrected chi connectivity index (χ1v) is 7.98. The molecule has 0 bridgehead atoms. The molecular formula is C18H19ClN2O. The molecule has 22 heavy (non-hydrogen) atoms. The van der Waals surface area contributed by atoms with Crippen molar-refractivity contribution < 1.29 is 4.79 Å². The van der Waals surface area contributed by atoms with Gasteiger partial charge in [-0.25, -0.2) is 0 Å². The Bertz CT molecular complexity index is 631. The van der Waals surface area contributed by atoms with Crippen LogP contribution in [0.4, 0.5) is 5.69 Å². The third-order valence-corrected chi connectivity index (χ3v) is 4.21. The van der Waals surface area contributed by atoms with Gasteiger partial charge < -0.3 is 10.6 Å². The second-order valence-electron chi connectivity index (χ2n) is 5.66. The Morgan fingerprint density at radius 3 is 2.50 bits per heavy atom. The van der Waals surface area contributed by atoms with Crippen LogP contribution in [0.3, 0.4) is 0 Å². The van der Waals surface area contributed by atoms with Crippen LogP contribution in [0.5, 0.6) is 0 Å². The van der Waals surface area contributed by atoms with E-state index in [9.17, 15) is 4.79 Å². The molecule has 0 unspecified atom stereocenters. The van der Waals surface area contributed by atoms with Gasteiger partial charge in [-0.05, 0) is 67.8 Å². The van der Waals surface area contributed by atoms with Gasteiger partial charge in [0, 0.05) is 22.3 Å². The maximum Gasteiger partial charge on any atom is 0.255 e. The smallest absolute Gasteiger partial charge is 0.255 e. The Morgan fingerprint density at radius 1 is 1.14 bits per heavy atom. The quantitative estimate of drug-likeness (QED) is 0.899. The lowest BCUT2D eigenvalue weighted by molar-refractivity contribution is 0.102. The number of nitrogens with one attached hydrogen (secondary N) is 2. The van der Waals surface area contributed by atoms with Crippen LogP contribution in [0.2, 0.25) is 5.02 Å². The molecule has 0 aromatic heterocycles. The summed E-state index contributed by atoms with van der Waals surface area (Å²) in [6.45, 7) is 1.12. The fourth-order valence-corrected chi connectivity index (χ4v) is 2.87. The van der Waals surface area contributed by atoms with Crippen molar-refractivity contribution in [1.29, 1.82) is 0 Å². The highest BCUT2D eigenvalue weighted by molar-refractivity contribution is 6.30. The van der Waals surface area contributed by atoms with Crippen molar-refractivity contribution in [2.45, 2.75) is 25.3 Å². The summed E-state index contributed by atoms with van der Waals surface area (Å²) in [4.78, 5) is 12.1. The average Bonchev–Trinajstić information content (AvgIpc) is 3.03. The molecule has 1 saturated heterocycles. The molecule has 1 aliphatic heterocycles. The van der Waals surface area contributed by atoms with Gasteiger partial charge in [-0.3, -0.25) is 4.79 Å². The molecule has 1 amide bonds. The van der Waals surface area contributed by atoms with E-state index in [4.69, 9.17) is 11.6 Å². The van der Waals surface area contributed by atoms with Crippen molar-refractivity contribution in [3.8, 4) is 0 Å². The molecule has 2 N–H and O–H groups in total. The Hall–Kier alpha value is -1.84. The number of amides is 1. The minimum absolute atomic E-state index is 0.123. The van der Waals surface area contributed by atoms with Crippen LogP contribution in [0.1, 0.15) is 28.8 Å². The first-order valence-electron chi connectivity index (χ1n) is 7.60. The van der Waals surface area contributed by atoms with Gasteiger partial charge >= 0.3 is 0 Å². The number of halogens is 1. The van der Waals surface area contributed by atoms with E-state index in [-0.39, 0.29) is 5.91 Å². The Morgan fingerprint density at radius 2 is 1.86 bits per heavy atom. The molecule has 4 heteroatoms. The van der Waals surface area contributed by atoms with Gasteiger partial charge in [0.1, 0.15) is 0 Å². The average molecular weight is 315 g/mol. The molecule has 0 saturated carbocycles. The third kappa shape index (κ3) is 3.87. The maximum atomic E-state index is 12.1. The van der Waals surface area contributed by atoms with Gasteiger partial charge in [0.2, 0.25) is 0 Å². The number of hydrogen-bond donors (Lipinski definition) is 2. The second-order valence-corrected chi connectivity index (χ2v) is 6.09. The molecule has 1 heterocycles. The number of rotatable bonds is 4. The largest absolute Gasteiger partial charge is 0.322 e. The zero-order valence-electron chi connectivity index (χ0n) is 12.3. The standard InChI is InChI=1S/C18H19ClN2O/c19-15-7-5-14(6-8-15)18(22)21-16-9-3-13(4-10-16)12-17-2-1-11-20-17/h3-10,17,20H,1-2,11-12H2,(H,21,22)/t17-/m0/s1. The fraction of sp³-hybridized carbons (Fsp3) is 0.278. The summed E-state index contributed by atoms with van der Waals surface area (Å²) in [5, 5.41) is 7.02. The summed E-state index contributed by atoms with van der Waals surface area (Å²) in [5.74, 6) is -0.123. The molecule has 2 aromatic carbocycles. The summed E-state index contributed by atoms with van der Waals surface area (Å²) < 4.78 is 0. The van der Waals surface area contributed by atoms with E-state index in [1.54, 1.807) is 24.3 Å². The van der Waals surface area contributed by atoms with Crippen LogP contribution in [0.15, 0.2) is 48.5 Å². The summed E-state index contributed by atoms with van der Waals surface area (Å²) >= 11 is 5.83. The van der Waals surface area contributed by atoms with Gasteiger partial charge in [-0.2, -0.15) is 0 Å². The lowest BCUT2D eigenvalue weighted by atomic mass is 10.0. The van der Waals surface area contributed by atoms with E-state index in [0.717, 1.165) is 18.7 Å². The van der Waals surface area contributed by atoms with E-state index >= 15 is 0 Å². The van der Waals surface area contributed by atoms with Crippen molar-refractivity contribution in [1.82, 2.24) is 5.32 Å². The van der Waals surface area contributed by atoms with E-state index in [0.29, 0.717) is 16.6 Å². The normalized spacial score (nSPS) is 17.4. The molecule has 3 nitrogen and oxygen atoms in total. The monoisotopic (exact) mass is 314 g/mol. The number of carbonyl (C=O) groups is 1. The van der Waals surface area contributed by atoms with Crippen molar-refractivity contribution >= 4 is 23.2 Å². The van der Waals surface area contributed by atoms with E-state index in [2.05, 4.69) is 22.8 Å². The van der Waals surface area contributed by atoms with E-state index in [1.807, 2.05) is 12.1 Å². The maximum absolute atomic E-state index is 12.1. The molecule has 3 rings (SSSR count). The van der Waals surface area contributed by atoms with E-state index < -0.39 is 0 Å². The number of hydrogen-bond acceptors (Lipinski definition) is 2. The molecule has 1 fully saturated rings. The van der Waals surface area contributed by atoms with E-state index in [1.165, 1.54) is 18.4 Å². The van der Waals surface area contributed by atoms with Crippen molar-refractivity contribution in [2.24, 2.45) is 0 Å². The Labute approximate surface area is 135 Å². The molecule has 1 aliphatic rings. The predicted molar refractivity (Wildman–Crippen MR) is 90.6 cm³/mol. The van der Waals surface area contributed by atoms with Crippen molar-refractivity contribution in [3.05, 3.63) is 64.7 Å². The molecule has 2 aromatic rings. The highest BCUT2D eigenvalue weighted by Crippen LogP contribution is 2.16. The van der Waals surface area contributed by atoms with Crippen LogP contribution in [0, 0.1) is 0 Å². The van der Waals surface area contributed by atoms with Crippen LogP contribution in [-0.2, 0) is 6.42 Å². The number of anilines is 1. The molecule has 0 aliphatic carbocycles. The lowest BCUT2D eigenvalue weighted by Crippen LogP contribution is -2.23. The van der Waals surface area contributed by atoms with Crippen LogP contribution in [-0.4, -0.2) is 18.5 Å². The summed E-state index contributed by atoms with van der Waals surface area (Å²) in [5.41, 5.74) is 2.70. The zero-order valence-corrected chi connectivity index (χ0v) is 13.1. The van der Waals surface area contributed by atoms with Gasteiger partial charge in [-0.15, -0.1) is 0 Å². The second kappa shape index (κ2) is 6.95. The number of benzene rings is 2. The Balaban J connectivity index is 1.60. The molecule has 114 valence electrons. The SMILES string of the molecule is O=C(Nc1ccc(C[C@@H]2CCCN2)cc1)c1ccc(Cl)cc1. The van der Waals surface area contributed by atoms with Gasteiger partial charge in [0.15, 0.2) is 0 Å². The van der Waals surface area contributed by atoms with Crippen molar-refractivity contribution in [2.75, 3.05) is 11.9 Å². The summed E-state index contributed by atoms with van der Waals surface area (Å²) in [7, 11) is 0. The summed E-state index contributed by atoms with van der Waals surface area (Å²) in [6.07, 6.45) is 3.56. The topological polar surface area (TPSA) is 41.1 Å². The van der Waals surface area contributed by atoms with Crippen molar-refractivity contribution in [3.63, 3.8) is 0 Å². The Kier molecular flexibility index (Phi) is 4.76. The highest BCUT2D eigenvalue weighted by Gasteiger charge is 2.14. The molecule has 0 radical (unpaired) electrons. The summed E-state index contributed by atoms with van der Waals surface area (Å²) in [6, 6.07) is 15.5. The fourth-order valence-electron chi connectivity index (χ4n) is 2.74. The van der Waals surface area contributed by atoms with Crippen LogP contribution in [0.25, 0.3) is 0 Å². The zero-order chi connectivity index (χ0) is 15.4. The van der Waals surface area contributed by atoms with Crippen LogP contribution < -0.4 is 10.6 Å². The number of carbonyl (C=O) groups excluding carboxylic acids is 1. The minimum atomic E-state index is -0.123. The van der Waals surface area contributed by atoms with Gasteiger partial charge in [-0.1, -0.05) is 23.7 Å². The molecule has 1 atom stereocenters. The van der Waals surface area contributed by atoms with Crippen LogP contribution >= 0.6 is 11.6 Å². The van der Waals surface area contributed by atoms with Gasteiger partial charge in [0.25, 0.3) is 5.91 Å². The lowest BCUT2D eigenvalue weighted by Gasteiger charge is -2.11. The van der Waals surface area contributed by atoms with Gasteiger partial charge in [0.05, 0.1) is 0 Å². The predicted octanol–water partition coefficient (Wildman–Crippen LogP) is 3.89. The molecular weight excluding hydrogens is 296 g/mol. The first-order chi connectivity index (χ1) is 10.7. The first kappa shape index (κ1) is 15.1. The molecule has 0 spiro atoms. The third-order valence-electron chi connectivity index (χ3n) is 3.96.